The summed E-state index contributed by atoms with van der Waals surface area (Å²) in [6.07, 6.45) is 2.94. The number of sulfonamides is 1. The van der Waals surface area contributed by atoms with Gasteiger partial charge in [0.15, 0.2) is 6.61 Å². The lowest BCUT2D eigenvalue weighted by Gasteiger charge is -2.34. The van der Waals surface area contributed by atoms with E-state index in [2.05, 4.69) is 19.2 Å². The highest BCUT2D eigenvalue weighted by Gasteiger charge is 2.31. The molecule has 8 heteroatoms. The number of rotatable bonds is 6. The van der Waals surface area contributed by atoms with E-state index in [1.165, 1.54) is 28.6 Å². The first-order chi connectivity index (χ1) is 12.8. The Bertz CT molecular complexity index is 792. The predicted octanol–water partition coefficient (Wildman–Crippen LogP) is 1.79. The summed E-state index contributed by atoms with van der Waals surface area (Å²) >= 11 is 0. The van der Waals surface area contributed by atoms with Gasteiger partial charge in [0.05, 0.1) is 10.5 Å². The van der Waals surface area contributed by atoms with Crippen LogP contribution >= 0.6 is 0 Å². The predicted molar refractivity (Wildman–Crippen MR) is 99.6 cm³/mol. The molecule has 148 valence electrons. The molecule has 1 aromatic carbocycles. The molecule has 1 saturated heterocycles. The molecule has 0 aromatic heterocycles. The standard InChI is InChI=1S/C19H26N2O5S/c1-13-9-14(2)11-21(10-13)27(24,25)17-7-3-15(4-8-17)19(23)26-12-18(22)20-16-5-6-16/h3-4,7-8,13-14,16H,5-6,9-12H2,1-2H3,(H,20,22). The zero-order valence-electron chi connectivity index (χ0n) is 15.7. The second-order valence-electron chi connectivity index (χ2n) is 7.71. The molecule has 2 aliphatic rings. The van der Waals surface area contributed by atoms with E-state index in [0.717, 1.165) is 19.3 Å². The van der Waals surface area contributed by atoms with Gasteiger partial charge in [-0.25, -0.2) is 13.2 Å². The van der Waals surface area contributed by atoms with Crippen LogP contribution in [0.1, 0.15) is 43.5 Å². The van der Waals surface area contributed by atoms with Crippen molar-refractivity contribution in [3.63, 3.8) is 0 Å². The molecule has 0 spiro atoms. The van der Waals surface area contributed by atoms with E-state index in [4.69, 9.17) is 4.74 Å². The molecule has 1 amide bonds. The van der Waals surface area contributed by atoms with Gasteiger partial charge in [-0.15, -0.1) is 0 Å². The Morgan fingerprint density at radius 2 is 1.70 bits per heavy atom. The second kappa shape index (κ2) is 7.98. The van der Waals surface area contributed by atoms with Gasteiger partial charge in [0.25, 0.3) is 5.91 Å². The molecule has 1 aromatic rings. The summed E-state index contributed by atoms with van der Waals surface area (Å²) in [5.74, 6) is -0.331. The quantitative estimate of drug-likeness (QED) is 0.743. The molecule has 2 unspecified atom stereocenters. The summed E-state index contributed by atoms with van der Waals surface area (Å²) in [5, 5.41) is 2.73. The number of esters is 1. The lowest BCUT2D eigenvalue weighted by atomic mass is 9.94. The number of hydrogen-bond acceptors (Lipinski definition) is 5. The van der Waals surface area contributed by atoms with Crippen molar-refractivity contribution in [2.45, 2.75) is 44.0 Å². The largest absolute Gasteiger partial charge is 0.452 e. The van der Waals surface area contributed by atoms with E-state index in [-0.39, 0.29) is 29.0 Å². The van der Waals surface area contributed by atoms with Crippen LogP contribution in [-0.4, -0.2) is 50.3 Å². The van der Waals surface area contributed by atoms with Gasteiger partial charge in [0.1, 0.15) is 0 Å². The highest BCUT2D eigenvalue weighted by atomic mass is 32.2. The van der Waals surface area contributed by atoms with Gasteiger partial charge in [0.2, 0.25) is 10.0 Å². The number of carbonyl (C=O) groups is 2. The Morgan fingerprint density at radius 1 is 1.11 bits per heavy atom. The summed E-state index contributed by atoms with van der Waals surface area (Å²) in [6.45, 7) is 4.78. The maximum atomic E-state index is 12.8. The third-order valence-corrected chi connectivity index (χ3v) is 6.69. The number of carbonyl (C=O) groups excluding carboxylic acids is 2. The van der Waals surface area contributed by atoms with Crippen molar-refractivity contribution in [3.8, 4) is 0 Å². The minimum atomic E-state index is -3.59. The summed E-state index contributed by atoms with van der Waals surface area (Å²) in [5.41, 5.74) is 0.216. The van der Waals surface area contributed by atoms with Crippen LogP contribution in [0.25, 0.3) is 0 Å². The highest BCUT2D eigenvalue weighted by Crippen LogP contribution is 2.26. The average molecular weight is 394 g/mol. The zero-order valence-corrected chi connectivity index (χ0v) is 16.5. The van der Waals surface area contributed by atoms with E-state index < -0.39 is 16.0 Å². The van der Waals surface area contributed by atoms with Gasteiger partial charge >= 0.3 is 5.97 Å². The van der Waals surface area contributed by atoms with E-state index >= 15 is 0 Å². The summed E-state index contributed by atoms with van der Waals surface area (Å²) in [7, 11) is -3.59. The fourth-order valence-corrected chi connectivity index (χ4v) is 5.11. The number of benzene rings is 1. The molecule has 3 rings (SSSR count). The molecule has 2 atom stereocenters. The molecule has 1 N–H and O–H groups in total. The van der Waals surface area contributed by atoms with Crippen molar-refractivity contribution < 1.29 is 22.7 Å². The zero-order chi connectivity index (χ0) is 19.6. The molecular formula is C19H26N2O5S. The van der Waals surface area contributed by atoms with Crippen LogP contribution in [0, 0.1) is 11.8 Å². The fraction of sp³-hybridized carbons (Fsp3) is 0.579. The average Bonchev–Trinajstić information content (AvgIpc) is 3.43. The van der Waals surface area contributed by atoms with Gasteiger partial charge in [-0.2, -0.15) is 4.31 Å². The molecule has 1 saturated carbocycles. The molecule has 1 aliphatic heterocycles. The Kier molecular flexibility index (Phi) is 5.86. The van der Waals surface area contributed by atoms with Crippen LogP contribution in [0.15, 0.2) is 29.2 Å². The molecule has 7 nitrogen and oxygen atoms in total. The van der Waals surface area contributed by atoms with E-state index in [1.807, 2.05) is 0 Å². The minimum absolute atomic E-state index is 0.159. The van der Waals surface area contributed by atoms with Crippen LogP contribution in [-0.2, 0) is 19.6 Å². The van der Waals surface area contributed by atoms with Crippen LogP contribution in [0.2, 0.25) is 0 Å². The lowest BCUT2D eigenvalue weighted by molar-refractivity contribution is -0.124. The van der Waals surface area contributed by atoms with E-state index in [0.29, 0.717) is 24.9 Å². The maximum Gasteiger partial charge on any atom is 0.338 e. The number of amides is 1. The molecule has 0 bridgehead atoms. The van der Waals surface area contributed by atoms with Crippen molar-refractivity contribution in [2.24, 2.45) is 11.8 Å². The highest BCUT2D eigenvalue weighted by molar-refractivity contribution is 7.89. The Balaban J connectivity index is 1.61. The van der Waals surface area contributed by atoms with Crippen LogP contribution in [0.3, 0.4) is 0 Å². The van der Waals surface area contributed by atoms with Crippen LogP contribution in [0.5, 0.6) is 0 Å². The van der Waals surface area contributed by atoms with Gasteiger partial charge in [-0.3, -0.25) is 4.79 Å². The monoisotopic (exact) mass is 394 g/mol. The van der Waals surface area contributed by atoms with Gasteiger partial charge < -0.3 is 10.1 Å². The van der Waals surface area contributed by atoms with Crippen molar-refractivity contribution >= 4 is 21.9 Å². The first-order valence-corrected chi connectivity index (χ1v) is 10.8. The first-order valence-electron chi connectivity index (χ1n) is 9.32. The Hall–Kier alpha value is -1.93. The Labute approximate surface area is 160 Å². The van der Waals surface area contributed by atoms with Crippen molar-refractivity contribution in [1.29, 1.82) is 0 Å². The number of ether oxygens (including phenoxy) is 1. The molecule has 1 heterocycles. The van der Waals surface area contributed by atoms with Crippen LogP contribution in [0.4, 0.5) is 0 Å². The number of nitrogens with zero attached hydrogens (tertiary/aromatic N) is 1. The third kappa shape index (κ3) is 5.07. The van der Waals surface area contributed by atoms with E-state index in [9.17, 15) is 18.0 Å². The molecule has 0 radical (unpaired) electrons. The molecule has 27 heavy (non-hydrogen) atoms. The topological polar surface area (TPSA) is 92.8 Å². The maximum absolute atomic E-state index is 12.8. The first kappa shape index (κ1) is 19.8. The normalized spacial score (nSPS) is 23.6. The van der Waals surface area contributed by atoms with Gasteiger partial charge in [0, 0.05) is 19.1 Å². The van der Waals surface area contributed by atoms with Crippen LogP contribution < -0.4 is 5.32 Å². The number of hydrogen-bond donors (Lipinski definition) is 1. The molecule has 1 aliphatic carbocycles. The number of piperidine rings is 1. The van der Waals surface area contributed by atoms with Gasteiger partial charge in [-0.05, 0) is 55.4 Å². The Morgan fingerprint density at radius 3 is 2.26 bits per heavy atom. The van der Waals surface area contributed by atoms with Crippen molar-refractivity contribution in [3.05, 3.63) is 29.8 Å². The summed E-state index contributed by atoms with van der Waals surface area (Å²) in [4.78, 5) is 23.8. The SMILES string of the molecule is CC1CC(C)CN(S(=O)(=O)c2ccc(C(=O)OCC(=O)NC3CC3)cc2)C1. The lowest BCUT2D eigenvalue weighted by Crippen LogP contribution is -2.42. The van der Waals surface area contributed by atoms with Gasteiger partial charge in [-0.1, -0.05) is 13.8 Å². The second-order valence-corrected chi connectivity index (χ2v) is 9.65. The summed E-state index contributed by atoms with van der Waals surface area (Å²) < 4.78 is 32.2. The summed E-state index contributed by atoms with van der Waals surface area (Å²) in [6, 6.07) is 5.89. The minimum Gasteiger partial charge on any atom is -0.452 e. The third-order valence-electron chi connectivity index (χ3n) is 4.84. The van der Waals surface area contributed by atoms with Crippen molar-refractivity contribution in [1.82, 2.24) is 9.62 Å². The smallest absolute Gasteiger partial charge is 0.338 e. The van der Waals surface area contributed by atoms with Crippen molar-refractivity contribution in [2.75, 3.05) is 19.7 Å². The fourth-order valence-electron chi connectivity index (χ4n) is 3.43. The number of nitrogens with one attached hydrogen (secondary N) is 1. The molecule has 2 fully saturated rings. The van der Waals surface area contributed by atoms with E-state index in [1.54, 1.807) is 0 Å². The molecular weight excluding hydrogens is 368 g/mol.